The normalized spacial score (nSPS) is 22.0. The number of ether oxygens (including phenoxy) is 1. The highest BCUT2D eigenvalue weighted by Gasteiger charge is 2.38. The highest BCUT2D eigenvalue weighted by Crippen LogP contribution is 2.37. The number of aromatic nitrogens is 2. The average molecular weight is 328 g/mol. The van der Waals surface area contributed by atoms with E-state index in [2.05, 4.69) is 14.7 Å². The van der Waals surface area contributed by atoms with E-state index in [0.29, 0.717) is 23.0 Å². The molecule has 2 heterocycles. The maximum absolute atomic E-state index is 12.1. The van der Waals surface area contributed by atoms with Gasteiger partial charge in [0.05, 0.1) is 7.11 Å². The Bertz CT molecular complexity index is 441. The van der Waals surface area contributed by atoms with Crippen LogP contribution in [0, 0.1) is 11.8 Å². The number of hydrogen-bond donors (Lipinski definition) is 1. The van der Waals surface area contributed by atoms with Gasteiger partial charge in [-0.2, -0.15) is 4.98 Å². The molecule has 2 fully saturated rings. The molecule has 1 saturated heterocycles. The summed E-state index contributed by atoms with van der Waals surface area (Å²) < 4.78 is 8.83. The van der Waals surface area contributed by atoms with Crippen molar-refractivity contribution in [2.45, 2.75) is 47.0 Å². The van der Waals surface area contributed by atoms with Crippen LogP contribution in [0.15, 0.2) is 0 Å². The molecule has 0 bridgehead atoms. The van der Waals surface area contributed by atoms with Crippen molar-refractivity contribution in [1.82, 2.24) is 14.3 Å². The number of amides is 2. The number of urea groups is 1. The maximum Gasteiger partial charge on any atom is 0.329 e. The minimum Gasteiger partial charge on any atom is -0.466 e. The molecule has 3 rings (SSSR count). The highest BCUT2D eigenvalue weighted by atomic mass is 32.1. The number of nitrogens with zero attached hydrogens (tertiary/aromatic N) is 3. The van der Waals surface area contributed by atoms with Crippen LogP contribution < -0.4 is 10.1 Å². The number of carbonyl (C=O) groups excluding carboxylic acids is 1. The number of hydrogen-bond acceptors (Lipinski definition) is 5. The SMILES string of the molecule is CC.CC.COc1nsc(NC(=O)N2CC3CCCC3C2)n1. The summed E-state index contributed by atoms with van der Waals surface area (Å²) in [5.74, 6) is 1.42. The van der Waals surface area contributed by atoms with Crippen molar-refractivity contribution in [2.24, 2.45) is 11.8 Å². The number of likely N-dealkylation sites (tertiary alicyclic amines) is 1. The molecular formula is C15H28N4O2S. The Morgan fingerprint density at radius 1 is 1.23 bits per heavy atom. The second-order valence-electron chi connectivity index (χ2n) is 4.87. The zero-order chi connectivity index (χ0) is 16.5. The first-order valence-corrected chi connectivity index (χ1v) is 8.97. The van der Waals surface area contributed by atoms with Gasteiger partial charge in [-0.05, 0) is 24.7 Å². The molecule has 22 heavy (non-hydrogen) atoms. The van der Waals surface area contributed by atoms with E-state index in [1.165, 1.54) is 26.4 Å². The molecule has 126 valence electrons. The Labute approximate surface area is 137 Å². The van der Waals surface area contributed by atoms with E-state index < -0.39 is 0 Å². The number of carbonyl (C=O) groups is 1. The summed E-state index contributed by atoms with van der Waals surface area (Å²) in [5.41, 5.74) is 0. The fourth-order valence-corrected chi connectivity index (χ4v) is 3.45. The summed E-state index contributed by atoms with van der Waals surface area (Å²) in [5, 5.41) is 3.27. The summed E-state index contributed by atoms with van der Waals surface area (Å²) in [7, 11) is 1.51. The lowest BCUT2D eigenvalue weighted by atomic mass is 10.0. The molecule has 0 spiro atoms. The van der Waals surface area contributed by atoms with E-state index in [1.807, 2.05) is 32.6 Å². The molecule has 1 aromatic heterocycles. The first kappa shape index (κ1) is 18.7. The van der Waals surface area contributed by atoms with Crippen LogP contribution in [0.1, 0.15) is 47.0 Å². The van der Waals surface area contributed by atoms with E-state index in [-0.39, 0.29) is 6.03 Å². The Balaban J connectivity index is 0.000000561. The van der Waals surface area contributed by atoms with Crippen molar-refractivity contribution < 1.29 is 9.53 Å². The second-order valence-corrected chi connectivity index (χ2v) is 5.62. The van der Waals surface area contributed by atoms with Gasteiger partial charge in [0.2, 0.25) is 5.13 Å². The summed E-state index contributed by atoms with van der Waals surface area (Å²) in [6.07, 6.45) is 3.85. The summed E-state index contributed by atoms with van der Waals surface area (Å²) in [6.45, 7) is 9.76. The summed E-state index contributed by atoms with van der Waals surface area (Å²) in [4.78, 5) is 18.0. The Morgan fingerprint density at radius 2 is 1.82 bits per heavy atom. The smallest absolute Gasteiger partial charge is 0.329 e. The Kier molecular flexibility index (Phi) is 8.16. The molecule has 1 aromatic rings. The van der Waals surface area contributed by atoms with E-state index in [9.17, 15) is 4.79 Å². The standard InChI is InChI=1S/C11H16N4O2S.2C2H6/c1-17-9-12-10(18-14-9)13-11(16)15-5-7-3-2-4-8(7)6-15;2*1-2/h7-8H,2-6H2,1H3,(H,12,13,14,16);2*1-2H3. The van der Waals surface area contributed by atoms with E-state index in [4.69, 9.17) is 4.74 Å². The molecular weight excluding hydrogens is 300 g/mol. The lowest BCUT2D eigenvalue weighted by Gasteiger charge is -2.16. The summed E-state index contributed by atoms with van der Waals surface area (Å²) >= 11 is 1.14. The number of rotatable bonds is 2. The van der Waals surface area contributed by atoms with Crippen molar-refractivity contribution in [2.75, 3.05) is 25.5 Å². The third kappa shape index (κ3) is 4.56. The van der Waals surface area contributed by atoms with Crippen LogP contribution in [-0.2, 0) is 0 Å². The molecule has 1 aliphatic carbocycles. The zero-order valence-corrected chi connectivity index (χ0v) is 15.1. The lowest BCUT2D eigenvalue weighted by molar-refractivity contribution is 0.219. The van der Waals surface area contributed by atoms with Gasteiger partial charge in [0.1, 0.15) is 0 Å². The number of fused-ring (bicyclic) bond motifs is 1. The predicted molar refractivity (Wildman–Crippen MR) is 90.6 cm³/mol. The van der Waals surface area contributed by atoms with Gasteiger partial charge in [-0.3, -0.25) is 5.32 Å². The fraction of sp³-hybridized carbons (Fsp3) is 0.800. The van der Waals surface area contributed by atoms with Gasteiger partial charge in [0.25, 0.3) is 0 Å². The van der Waals surface area contributed by atoms with Gasteiger partial charge in [-0.1, -0.05) is 34.1 Å². The maximum atomic E-state index is 12.1. The van der Waals surface area contributed by atoms with Gasteiger partial charge in [-0.25, -0.2) is 4.79 Å². The first-order chi connectivity index (χ1) is 10.8. The molecule has 1 N–H and O–H groups in total. The monoisotopic (exact) mass is 328 g/mol. The van der Waals surface area contributed by atoms with Gasteiger partial charge in [0.15, 0.2) is 0 Å². The number of methoxy groups -OCH3 is 1. The van der Waals surface area contributed by atoms with Crippen LogP contribution in [0.25, 0.3) is 0 Å². The average Bonchev–Trinajstić information content (AvgIpc) is 3.26. The molecule has 1 aliphatic heterocycles. The predicted octanol–water partition coefficient (Wildman–Crippen LogP) is 3.86. The second kappa shape index (κ2) is 9.61. The van der Waals surface area contributed by atoms with Crippen LogP contribution >= 0.6 is 11.5 Å². The van der Waals surface area contributed by atoms with Crippen molar-refractivity contribution in [3.8, 4) is 6.01 Å². The lowest BCUT2D eigenvalue weighted by Crippen LogP contribution is -2.33. The van der Waals surface area contributed by atoms with Gasteiger partial charge < -0.3 is 9.64 Å². The zero-order valence-electron chi connectivity index (χ0n) is 14.3. The van der Waals surface area contributed by atoms with Crippen molar-refractivity contribution in [3.63, 3.8) is 0 Å². The molecule has 2 unspecified atom stereocenters. The summed E-state index contributed by atoms with van der Waals surface area (Å²) in [6, 6.07) is 0.233. The van der Waals surface area contributed by atoms with Crippen LogP contribution in [0.5, 0.6) is 6.01 Å². The Hall–Kier alpha value is -1.37. The van der Waals surface area contributed by atoms with Gasteiger partial charge >= 0.3 is 12.0 Å². The van der Waals surface area contributed by atoms with Crippen LogP contribution in [-0.4, -0.2) is 40.5 Å². The Morgan fingerprint density at radius 3 is 2.32 bits per heavy atom. The number of anilines is 1. The van der Waals surface area contributed by atoms with Gasteiger partial charge in [0, 0.05) is 24.6 Å². The third-order valence-electron chi connectivity index (χ3n) is 3.82. The quantitative estimate of drug-likeness (QED) is 0.895. The largest absolute Gasteiger partial charge is 0.466 e. The molecule has 2 atom stereocenters. The van der Waals surface area contributed by atoms with Crippen LogP contribution in [0.4, 0.5) is 9.93 Å². The van der Waals surface area contributed by atoms with Crippen LogP contribution in [0.3, 0.4) is 0 Å². The van der Waals surface area contributed by atoms with Crippen LogP contribution in [0.2, 0.25) is 0 Å². The third-order valence-corrected chi connectivity index (χ3v) is 4.43. The molecule has 1 saturated carbocycles. The van der Waals surface area contributed by atoms with E-state index >= 15 is 0 Å². The topological polar surface area (TPSA) is 67.3 Å². The minimum absolute atomic E-state index is 0.0665. The van der Waals surface area contributed by atoms with Crippen molar-refractivity contribution in [3.05, 3.63) is 0 Å². The molecule has 7 heteroatoms. The molecule has 6 nitrogen and oxygen atoms in total. The first-order valence-electron chi connectivity index (χ1n) is 8.20. The van der Waals surface area contributed by atoms with Crippen molar-refractivity contribution in [1.29, 1.82) is 0 Å². The molecule has 2 aliphatic rings. The molecule has 0 radical (unpaired) electrons. The number of nitrogens with one attached hydrogen (secondary N) is 1. The fourth-order valence-electron chi connectivity index (χ4n) is 2.92. The molecule has 2 amide bonds. The van der Waals surface area contributed by atoms with Gasteiger partial charge in [-0.15, -0.1) is 4.37 Å². The van der Waals surface area contributed by atoms with E-state index in [1.54, 1.807) is 0 Å². The van der Waals surface area contributed by atoms with Crippen molar-refractivity contribution >= 4 is 22.7 Å². The molecule has 0 aromatic carbocycles. The van der Waals surface area contributed by atoms with E-state index in [0.717, 1.165) is 24.6 Å². The minimum atomic E-state index is -0.0665. The highest BCUT2D eigenvalue weighted by molar-refractivity contribution is 7.10.